The third-order valence-corrected chi connectivity index (χ3v) is 4.79. The predicted octanol–water partition coefficient (Wildman–Crippen LogP) is 5.51. The van der Waals surface area contributed by atoms with E-state index in [4.69, 9.17) is 11.6 Å². The lowest BCUT2D eigenvalue weighted by Gasteiger charge is -2.19. The monoisotopic (exact) mass is 577 g/mol. The number of carbonyl (C=O) groups is 1. The minimum Gasteiger partial charge on any atom is -0.485 e. The summed E-state index contributed by atoms with van der Waals surface area (Å²) in [5.41, 5.74) is -1.47. The molecule has 7 nitrogen and oxygen atoms in total. The summed E-state index contributed by atoms with van der Waals surface area (Å²) in [4.78, 5) is 20.4. The molecule has 1 amide bonds. The smallest absolute Gasteiger partial charge is 0.456 e. The first-order chi connectivity index (χ1) is 16.6. The molecule has 37 heavy (non-hydrogen) atoms. The fraction of sp³-hybridized carbons (Fsp3) is 0.300. The molecule has 0 saturated heterocycles. The van der Waals surface area contributed by atoms with Gasteiger partial charge < -0.3 is 10.1 Å². The number of nitrogens with one attached hydrogen (secondary N) is 1. The van der Waals surface area contributed by atoms with Crippen molar-refractivity contribution in [3.05, 3.63) is 64.8 Å². The van der Waals surface area contributed by atoms with E-state index in [-0.39, 0.29) is 41.5 Å². The average Bonchev–Trinajstić information content (AvgIpc) is 3.26. The molecular weight excluding hydrogens is 562 g/mol. The van der Waals surface area contributed by atoms with Gasteiger partial charge >= 0.3 is 18.3 Å². The normalized spacial score (nSPS) is 13.0. The number of pyridine rings is 1. The maximum absolute atomic E-state index is 13.0. The van der Waals surface area contributed by atoms with Crippen LogP contribution in [0.2, 0.25) is 5.02 Å². The Hall–Kier alpha value is -3.14. The van der Waals surface area contributed by atoms with E-state index in [1.54, 1.807) is 0 Å². The lowest BCUT2D eigenvalue weighted by atomic mass is 10.1. The summed E-state index contributed by atoms with van der Waals surface area (Å²) in [5, 5.41) is 6.05. The van der Waals surface area contributed by atoms with Crippen LogP contribution in [-0.4, -0.2) is 44.4 Å². The number of carbonyl (C=O) groups excluding carboxylic acids is 1. The van der Waals surface area contributed by atoms with Gasteiger partial charge in [0.1, 0.15) is 12.1 Å². The van der Waals surface area contributed by atoms with E-state index in [0.717, 1.165) is 29.3 Å². The Morgan fingerprint density at radius 2 is 1.76 bits per heavy atom. The largest absolute Gasteiger partial charge is 0.485 e. The highest BCUT2D eigenvalue weighted by Gasteiger charge is 2.58. The van der Waals surface area contributed by atoms with Crippen molar-refractivity contribution in [1.29, 1.82) is 0 Å². The third kappa shape index (κ3) is 7.21. The van der Waals surface area contributed by atoms with Crippen LogP contribution in [0.5, 0.6) is 5.75 Å². The van der Waals surface area contributed by atoms with Crippen LogP contribution < -0.4 is 10.1 Å². The zero-order valence-corrected chi connectivity index (χ0v) is 20.1. The molecule has 0 bridgehead atoms. The Balaban J connectivity index is 0.00000481. The quantitative estimate of drug-likeness (QED) is 0.374. The molecule has 202 valence electrons. The number of hydrogen-bond donors (Lipinski definition) is 1. The molecule has 0 unspecified atom stereocenters. The molecule has 2 heterocycles. The van der Waals surface area contributed by atoms with Crippen molar-refractivity contribution in [3.63, 3.8) is 0 Å². The van der Waals surface area contributed by atoms with Crippen LogP contribution in [0, 0.1) is 0 Å². The molecule has 1 aromatic carbocycles. The molecule has 0 saturated carbocycles. The van der Waals surface area contributed by atoms with Crippen molar-refractivity contribution in [1.82, 2.24) is 25.1 Å². The lowest BCUT2D eigenvalue weighted by Crippen LogP contribution is -2.41. The SMILES string of the molecule is C[C@H](NC(=O)c1cc(Cl)cc(C(F)(F)F)c1)c1ncnn1-c1ccc(OCC(F)(F)C(F)(F)F)cn1.S. The highest BCUT2D eigenvalue weighted by Crippen LogP contribution is 2.36. The number of rotatable bonds is 7. The van der Waals surface area contributed by atoms with Gasteiger partial charge in [0, 0.05) is 10.6 Å². The Bertz CT molecular complexity index is 1230. The minimum atomic E-state index is -5.78. The van der Waals surface area contributed by atoms with Gasteiger partial charge in [-0.15, -0.1) is 0 Å². The number of hydrogen-bond acceptors (Lipinski definition) is 5. The second-order valence-electron chi connectivity index (χ2n) is 7.29. The second-order valence-corrected chi connectivity index (χ2v) is 7.73. The van der Waals surface area contributed by atoms with Crippen LogP contribution in [0.15, 0.2) is 42.9 Å². The molecule has 0 aliphatic heterocycles. The summed E-state index contributed by atoms with van der Waals surface area (Å²) >= 11 is 5.70. The van der Waals surface area contributed by atoms with Gasteiger partial charge in [-0.1, -0.05) is 11.6 Å². The summed E-state index contributed by atoms with van der Waals surface area (Å²) in [5.74, 6) is -6.24. The lowest BCUT2D eigenvalue weighted by molar-refractivity contribution is -0.290. The Labute approximate surface area is 215 Å². The zero-order valence-electron chi connectivity index (χ0n) is 18.3. The zero-order chi connectivity index (χ0) is 26.9. The molecule has 3 aromatic rings. The summed E-state index contributed by atoms with van der Waals surface area (Å²) in [7, 11) is 0. The van der Waals surface area contributed by atoms with Crippen molar-refractivity contribution < 1.29 is 44.7 Å². The number of nitrogens with zero attached hydrogens (tertiary/aromatic N) is 4. The molecule has 1 N–H and O–H groups in total. The summed E-state index contributed by atoms with van der Waals surface area (Å²) in [6, 6.07) is 3.67. The van der Waals surface area contributed by atoms with Crippen molar-refractivity contribution in [2.24, 2.45) is 0 Å². The van der Waals surface area contributed by atoms with E-state index in [1.807, 2.05) is 0 Å². The van der Waals surface area contributed by atoms with Crippen LogP contribution in [-0.2, 0) is 6.18 Å². The maximum Gasteiger partial charge on any atom is 0.456 e. The molecule has 0 aliphatic rings. The number of benzene rings is 1. The number of aromatic nitrogens is 4. The molecular formula is C20H16ClF8N5O2S. The molecule has 0 spiro atoms. The average molecular weight is 578 g/mol. The van der Waals surface area contributed by atoms with Gasteiger partial charge in [0.25, 0.3) is 5.91 Å². The maximum atomic E-state index is 13.0. The van der Waals surface area contributed by atoms with Gasteiger partial charge in [-0.05, 0) is 37.3 Å². The first-order valence-corrected chi connectivity index (χ1v) is 10.1. The number of halogens is 9. The summed E-state index contributed by atoms with van der Waals surface area (Å²) in [6.45, 7) is -0.501. The van der Waals surface area contributed by atoms with Crippen LogP contribution in [0.1, 0.15) is 34.7 Å². The van der Waals surface area contributed by atoms with Gasteiger partial charge in [-0.2, -0.15) is 58.4 Å². The van der Waals surface area contributed by atoms with E-state index < -0.39 is 42.4 Å². The van der Waals surface area contributed by atoms with Crippen molar-refractivity contribution in [3.8, 4) is 11.6 Å². The van der Waals surface area contributed by atoms with E-state index in [9.17, 15) is 39.9 Å². The molecule has 0 radical (unpaired) electrons. The number of alkyl halides is 8. The molecule has 0 fully saturated rings. The summed E-state index contributed by atoms with van der Waals surface area (Å²) < 4.78 is 107. The topological polar surface area (TPSA) is 81.9 Å². The van der Waals surface area contributed by atoms with E-state index >= 15 is 0 Å². The highest BCUT2D eigenvalue weighted by atomic mass is 35.5. The van der Waals surface area contributed by atoms with Crippen LogP contribution in [0.3, 0.4) is 0 Å². The third-order valence-electron chi connectivity index (χ3n) is 4.57. The van der Waals surface area contributed by atoms with E-state index in [2.05, 4.69) is 25.1 Å². The van der Waals surface area contributed by atoms with Crippen LogP contribution in [0.4, 0.5) is 35.1 Å². The second kappa shape index (κ2) is 11.1. The van der Waals surface area contributed by atoms with Gasteiger partial charge in [0.2, 0.25) is 0 Å². The van der Waals surface area contributed by atoms with Crippen molar-refractivity contribution >= 4 is 31.0 Å². The Morgan fingerprint density at radius 3 is 2.32 bits per heavy atom. The van der Waals surface area contributed by atoms with Crippen molar-refractivity contribution in [2.75, 3.05) is 6.61 Å². The minimum absolute atomic E-state index is 0. The molecule has 17 heteroatoms. The predicted molar refractivity (Wildman–Crippen MR) is 118 cm³/mol. The van der Waals surface area contributed by atoms with E-state index in [1.165, 1.54) is 13.0 Å². The first kappa shape index (κ1) is 30.1. The van der Waals surface area contributed by atoms with Crippen LogP contribution in [0.25, 0.3) is 5.82 Å². The number of amides is 1. The van der Waals surface area contributed by atoms with Crippen molar-refractivity contribution in [2.45, 2.75) is 31.2 Å². The fourth-order valence-corrected chi connectivity index (χ4v) is 3.03. The summed E-state index contributed by atoms with van der Waals surface area (Å²) in [6.07, 6.45) is -8.55. The van der Waals surface area contributed by atoms with Gasteiger partial charge in [0.15, 0.2) is 18.2 Å². The molecule has 2 aromatic heterocycles. The first-order valence-electron chi connectivity index (χ1n) is 9.71. The molecule has 1 atom stereocenters. The van der Waals surface area contributed by atoms with Gasteiger partial charge in [0.05, 0.1) is 17.8 Å². The fourth-order valence-electron chi connectivity index (χ4n) is 2.79. The van der Waals surface area contributed by atoms with Crippen LogP contribution >= 0.6 is 25.1 Å². The van der Waals surface area contributed by atoms with Gasteiger partial charge in [-0.3, -0.25) is 4.79 Å². The Morgan fingerprint density at radius 1 is 1.08 bits per heavy atom. The molecule has 3 rings (SSSR count). The highest BCUT2D eigenvalue weighted by molar-refractivity contribution is 7.59. The standard InChI is InChI=1S/C20H14ClF8N5O2.H2S/c1-10(33-17(35)11-4-12(19(24,25)26)6-13(21)5-11)16-31-9-32-34(16)15-3-2-14(7-30-15)36-8-18(22,23)20(27,28)29;/h2-7,9-10H,8H2,1H3,(H,33,35);1H2/t10-;/m0./s1. The Kier molecular flexibility index (Phi) is 9.01. The van der Waals surface area contributed by atoms with E-state index in [0.29, 0.717) is 12.1 Å². The molecule has 0 aliphatic carbocycles. The number of ether oxygens (including phenoxy) is 1. The van der Waals surface area contributed by atoms with Gasteiger partial charge in [-0.25, -0.2) is 9.97 Å².